The third-order valence-electron chi connectivity index (χ3n) is 4.06. The largest absolute Gasteiger partial charge is 0.324 e. The van der Waals surface area contributed by atoms with Gasteiger partial charge in [0.25, 0.3) is 0 Å². The summed E-state index contributed by atoms with van der Waals surface area (Å²) in [6.07, 6.45) is 4.96. The van der Waals surface area contributed by atoms with Crippen molar-refractivity contribution >= 4 is 10.9 Å². The van der Waals surface area contributed by atoms with Gasteiger partial charge in [-0.2, -0.15) is 0 Å². The Morgan fingerprint density at radius 3 is 2.90 bits per heavy atom. The molecule has 0 saturated heterocycles. The van der Waals surface area contributed by atoms with E-state index in [-0.39, 0.29) is 6.04 Å². The van der Waals surface area contributed by atoms with Crippen LogP contribution in [0.15, 0.2) is 42.6 Å². The smallest absolute Gasteiger partial charge is 0.178 e. The molecule has 1 aliphatic rings. The Morgan fingerprint density at radius 1 is 1.05 bits per heavy atom. The fraction of sp³-hybridized carbons (Fsp3) is 0.235. The van der Waals surface area contributed by atoms with Crippen LogP contribution in [0.3, 0.4) is 0 Å². The number of benzene rings is 1. The van der Waals surface area contributed by atoms with E-state index in [1.807, 2.05) is 30.5 Å². The lowest BCUT2D eigenvalue weighted by Gasteiger charge is -2.20. The normalized spacial score (nSPS) is 17.7. The molecule has 21 heavy (non-hydrogen) atoms. The zero-order valence-corrected chi connectivity index (χ0v) is 11.7. The Hall–Kier alpha value is -2.33. The minimum Gasteiger partial charge on any atom is -0.324 e. The predicted octanol–water partition coefficient (Wildman–Crippen LogP) is 3.03. The van der Waals surface area contributed by atoms with Crippen molar-refractivity contribution in [3.8, 4) is 11.5 Å². The number of aromatic nitrogens is 3. The molecule has 4 heteroatoms. The maximum absolute atomic E-state index is 6.11. The molecule has 3 aromatic rings. The lowest BCUT2D eigenvalue weighted by atomic mass is 9.93. The summed E-state index contributed by atoms with van der Waals surface area (Å²) in [5.41, 5.74) is 10.1. The fourth-order valence-electron chi connectivity index (χ4n) is 2.90. The topological polar surface area (TPSA) is 64.7 Å². The van der Waals surface area contributed by atoms with Gasteiger partial charge in [0.1, 0.15) is 5.69 Å². The Balaban J connectivity index is 1.81. The van der Waals surface area contributed by atoms with Crippen LogP contribution in [-0.4, -0.2) is 15.0 Å². The summed E-state index contributed by atoms with van der Waals surface area (Å²) < 4.78 is 0. The average Bonchev–Trinajstić information content (AvgIpc) is 2.54. The molecule has 1 aliphatic carbocycles. The van der Waals surface area contributed by atoms with Crippen LogP contribution in [0.1, 0.15) is 30.1 Å². The van der Waals surface area contributed by atoms with Crippen LogP contribution in [0.2, 0.25) is 0 Å². The van der Waals surface area contributed by atoms with Crippen LogP contribution in [0.25, 0.3) is 22.4 Å². The molecular weight excluding hydrogens is 260 g/mol. The molecule has 104 valence electrons. The number of nitrogens with two attached hydrogens (primary N) is 1. The molecule has 0 bridgehead atoms. The van der Waals surface area contributed by atoms with Gasteiger partial charge in [-0.15, -0.1) is 0 Å². The third kappa shape index (κ3) is 2.17. The quantitative estimate of drug-likeness (QED) is 0.742. The van der Waals surface area contributed by atoms with E-state index in [0.717, 1.165) is 47.1 Å². The van der Waals surface area contributed by atoms with E-state index in [2.05, 4.69) is 27.1 Å². The fourth-order valence-corrected chi connectivity index (χ4v) is 2.90. The lowest BCUT2D eigenvalue weighted by Crippen LogP contribution is -2.19. The monoisotopic (exact) mass is 276 g/mol. The molecule has 4 rings (SSSR count). The lowest BCUT2D eigenvalue weighted by molar-refractivity contribution is 0.557. The first kappa shape index (κ1) is 12.4. The molecule has 2 N–H and O–H groups in total. The zero-order valence-electron chi connectivity index (χ0n) is 11.7. The molecule has 0 fully saturated rings. The van der Waals surface area contributed by atoms with Crippen LogP contribution in [0.5, 0.6) is 0 Å². The first-order valence-corrected chi connectivity index (χ1v) is 7.29. The van der Waals surface area contributed by atoms with Crippen LogP contribution in [0, 0.1) is 0 Å². The van der Waals surface area contributed by atoms with Gasteiger partial charge >= 0.3 is 0 Å². The van der Waals surface area contributed by atoms with Gasteiger partial charge in [-0.3, -0.25) is 0 Å². The first-order chi connectivity index (χ1) is 10.3. The van der Waals surface area contributed by atoms with Crippen molar-refractivity contribution in [2.75, 3.05) is 0 Å². The number of nitrogens with zero attached hydrogens (tertiary/aromatic N) is 3. The van der Waals surface area contributed by atoms with Gasteiger partial charge in [-0.1, -0.05) is 24.3 Å². The summed E-state index contributed by atoms with van der Waals surface area (Å²) >= 11 is 0. The van der Waals surface area contributed by atoms with Crippen LogP contribution < -0.4 is 5.73 Å². The summed E-state index contributed by atoms with van der Waals surface area (Å²) in [4.78, 5) is 13.8. The number of para-hydroxylation sites is 1. The van der Waals surface area contributed by atoms with Crippen molar-refractivity contribution in [2.45, 2.75) is 25.3 Å². The van der Waals surface area contributed by atoms with E-state index in [4.69, 9.17) is 5.73 Å². The minimum absolute atomic E-state index is 0.0763. The second-order valence-corrected chi connectivity index (χ2v) is 5.48. The van der Waals surface area contributed by atoms with E-state index in [9.17, 15) is 0 Å². The number of pyridine rings is 1. The highest BCUT2D eigenvalue weighted by Crippen LogP contribution is 2.27. The third-order valence-corrected chi connectivity index (χ3v) is 4.06. The predicted molar refractivity (Wildman–Crippen MR) is 82.6 cm³/mol. The maximum atomic E-state index is 6.11. The molecule has 2 aromatic heterocycles. The Morgan fingerprint density at radius 2 is 1.95 bits per heavy atom. The van der Waals surface area contributed by atoms with Crippen molar-refractivity contribution < 1.29 is 0 Å². The highest BCUT2D eigenvalue weighted by molar-refractivity contribution is 5.80. The molecule has 4 nitrogen and oxygen atoms in total. The van der Waals surface area contributed by atoms with Crippen molar-refractivity contribution in [1.82, 2.24) is 15.0 Å². The average molecular weight is 276 g/mol. The standard InChI is InChI=1S/C17H16N4/c18-13-5-3-7-15-12(13)10-19-17(21-15)16-9-8-11-4-1-2-6-14(11)20-16/h1-2,4,6,8-10,13H,3,5,7,18H2. The summed E-state index contributed by atoms with van der Waals surface area (Å²) in [5, 5.41) is 1.13. The molecule has 1 unspecified atom stereocenters. The number of aryl methyl sites for hydroxylation is 1. The molecule has 0 amide bonds. The molecule has 0 saturated carbocycles. The first-order valence-electron chi connectivity index (χ1n) is 7.29. The van der Waals surface area contributed by atoms with Gasteiger partial charge in [0, 0.05) is 28.9 Å². The SMILES string of the molecule is NC1CCCc2nc(-c3ccc4ccccc4n3)ncc21. The molecule has 0 spiro atoms. The summed E-state index contributed by atoms with van der Waals surface area (Å²) in [6.45, 7) is 0. The second kappa shape index (κ2) is 4.90. The second-order valence-electron chi connectivity index (χ2n) is 5.48. The highest BCUT2D eigenvalue weighted by atomic mass is 14.9. The Bertz CT molecular complexity index is 813. The van der Waals surface area contributed by atoms with Gasteiger partial charge in [0.15, 0.2) is 5.82 Å². The Kier molecular flexibility index (Phi) is 2.89. The van der Waals surface area contributed by atoms with Gasteiger partial charge in [-0.25, -0.2) is 15.0 Å². The minimum atomic E-state index is 0.0763. The van der Waals surface area contributed by atoms with E-state index < -0.39 is 0 Å². The van der Waals surface area contributed by atoms with Crippen LogP contribution in [-0.2, 0) is 6.42 Å². The molecule has 1 aromatic carbocycles. The van der Waals surface area contributed by atoms with Crippen molar-refractivity contribution in [3.05, 3.63) is 53.9 Å². The van der Waals surface area contributed by atoms with Crippen molar-refractivity contribution in [3.63, 3.8) is 0 Å². The maximum Gasteiger partial charge on any atom is 0.178 e. The van der Waals surface area contributed by atoms with Crippen LogP contribution >= 0.6 is 0 Å². The summed E-state index contributed by atoms with van der Waals surface area (Å²) in [7, 11) is 0. The molecule has 2 heterocycles. The summed E-state index contributed by atoms with van der Waals surface area (Å²) in [5.74, 6) is 0.689. The Labute approximate surface area is 123 Å². The number of fused-ring (bicyclic) bond motifs is 2. The van der Waals surface area contributed by atoms with E-state index in [1.165, 1.54) is 0 Å². The number of hydrogen-bond donors (Lipinski definition) is 1. The molecule has 1 atom stereocenters. The van der Waals surface area contributed by atoms with E-state index in [0.29, 0.717) is 5.82 Å². The van der Waals surface area contributed by atoms with Gasteiger partial charge in [0.2, 0.25) is 0 Å². The van der Waals surface area contributed by atoms with Crippen LogP contribution in [0.4, 0.5) is 0 Å². The van der Waals surface area contributed by atoms with Crippen molar-refractivity contribution in [2.24, 2.45) is 5.73 Å². The van der Waals surface area contributed by atoms with E-state index >= 15 is 0 Å². The van der Waals surface area contributed by atoms with Gasteiger partial charge in [-0.05, 0) is 31.4 Å². The summed E-state index contributed by atoms with van der Waals surface area (Å²) in [6, 6.07) is 12.2. The van der Waals surface area contributed by atoms with E-state index in [1.54, 1.807) is 0 Å². The molecular formula is C17H16N4. The van der Waals surface area contributed by atoms with Gasteiger partial charge < -0.3 is 5.73 Å². The number of hydrogen-bond acceptors (Lipinski definition) is 4. The van der Waals surface area contributed by atoms with Crippen molar-refractivity contribution in [1.29, 1.82) is 0 Å². The highest BCUT2D eigenvalue weighted by Gasteiger charge is 2.19. The van der Waals surface area contributed by atoms with Gasteiger partial charge in [0.05, 0.1) is 5.52 Å². The molecule has 0 aliphatic heterocycles. The molecule has 0 radical (unpaired) electrons. The number of rotatable bonds is 1. The zero-order chi connectivity index (χ0) is 14.2.